The van der Waals surface area contributed by atoms with Crippen molar-refractivity contribution in [1.29, 1.82) is 0 Å². The van der Waals surface area contributed by atoms with Gasteiger partial charge in [0.15, 0.2) is 0 Å². The third kappa shape index (κ3) is 2.79. The number of nitrogens with zero attached hydrogens (tertiary/aromatic N) is 1. The zero-order valence-corrected chi connectivity index (χ0v) is 9.15. The van der Waals surface area contributed by atoms with Gasteiger partial charge in [0, 0.05) is 25.0 Å². The second-order valence-electron chi connectivity index (χ2n) is 4.25. The summed E-state index contributed by atoms with van der Waals surface area (Å²) in [6.45, 7) is 0.707. The van der Waals surface area contributed by atoms with E-state index in [2.05, 4.69) is 10.3 Å². The van der Waals surface area contributed by atoms with Crippen LogP contribution in [0.15, 0.2) is 18.5 Å². The van der Waals surface area contributed by atoms with Gasteiger partial charge in [0.1, 0.15) is 0 Å². The van der Waals surface area contributed by atoms with Crippen molar-refractivity contribution in [3.63, 3.8) is 0 Å². The van der Waals surface area contributed by atoms with Gasteiger partial charge in [0.25, 0.3) is 0 Å². The van der Waals surface area contributed by atoms with E-state index in [1.165, 1.54) is 31.9 Å². The lowest BCUT2D eigenvalue weighted by Gasteiger charge is -2.11. The molecule has 0 unspecified atom stereocenters. The van der Waals surface area contributed by atoms with E-state index in [1.807, 2.05) is 0 Å². The number of carboxylic acid groups (broad SMARTS) is 1. The topological polar surface area (TPSA) is 62.2 Å². The van der Waals surface area contributed by atoms with Crippen molar-refractivity contribution in [2.24, 2.45) is 0 Å². The lowest BCUT2D eigenvalue weighted by Crippen LogP contribution is -2.25. The first-order valence-electron chi connectivity index (χ1n) is 5.66. The number of pyridine rings is 1. The van der Waals surface area contributed by atoms with Crippen LogP contribution >= 0.6 is 0 Å². The van der Waals surface area contributed by atoms with E-state index >= 15 is 0 Å². The van der Waals surface area contributed by atoms with E-state index in [-0.39, 0.29) is 5.56 Å². The molecule has 0 amide bonds. The molecule has 0 aromatic carbocycles. The number of rotatable bonds is 4. The number of aromatic nitrogens is 1. The summed E-state index contributed by atoms with van der Waals surface area (Å²) in [5, 5.41) is 12.3. The number of aromatic carboxylic acids is 1. The summed E-state index contributed by atoms with van der Waals surface area (Å²) in [7, 11) is 0. The molecule has 1 saturated carbocycles. The molecule has 1 aliphatic carbocycles. The fraction of sp³-hybridized carbons (Fsp3) is 0.500. The summed E-state index contributed by atoms with van der Waals surface area (Å²) in [6, 6.07) is 2.27. The molecule has 4 nitrogen and oxygen atoms in total. The van der Waals surface area contributed by atoms with Crippen LogP contribution in [0.4, 0.5) is 0 Å². The number of carbonyl (C=O) groups is 1. The van der Waals surface area contributed by atoms with Gasteiger partial charge >= 0.3 is 5.97 Å². The third-order valence-electron chi connectivity index (χ3n) is 2.99. The zero-order valence-electron chi connectivity index (χ0n) is 9.15. The van der Waals surface area contributed by atoms with Gasteiger partial charge < -0.3 is 10.4 Å². The van der Waals surface area contributed by atoms with Crippen molar-refractivity contribution in [2.75, 3.05) is 0 Å². The van der Waals surface area contributed by atoms with Gasteiger partial charge in [-0.15, -0.1) is 0 Å². The quantitative estimate of drug-likeness (QED) is 0.812. The molecule has 0 spiro atoms. The van der Waals surface area contributed by atoms with E-state index in [1.54, 1.807) is 12.3 Å². The molecule has 0 aliphatic heterocycles. The van der Waals surface area contributed by atoms with Gasteiger partial charge in [0.05, 0.1) is 5.56 Å². The average molecular weight is 220 g/mol. The average Bonchev–Trinajstić information content (AvgIpc) is 2.79. The van der Waals surface area contributed by atoms with Crippen LogP contribution < -0.4 is 5.32 Å². The molecule has 2 rings (SSSR count). The van der Waals surface area contributed by atoms with E-state index in [4.69, 9.17) is 5.11 Å². The van der Waals surface area contributed by atoms with Gasteiger partial charge in [0.2, 0.25) is 0 Å². The Hall–Kier alpha value is -1.42. The van der Waals surface area contributed by atoms with E-state index in [0.717, 1.165) is 5.56 Å². The van der Waals surface area contributed by atoms with Crippen molar-refractivity contribution in [1.82, 2.24) is 10.3 Å². The van der Waals surface area contributed by atoms with Gasteiger partial charge in [-0.3, -0.25) is 4.98 Å². The summed E-state index contributed by atoms with van der Waals surface area (Å²) >= 11 is 0. The first-order chi connectivity index (χ1) is 7.75. The molecule has 0 bridgehead atoms. The Balaban J connectivity index is 1.93. The van der Waals surface area contributed by atoms with Crippen molar-refractivity contribution >= 4 is 5.97 Å². The molecule has 0 saturated heterocycles. The molecule has 1 fully saturated rings. The largest absolute Gasteiger partial charge is 0.478 e. The summed E-state index contributed by atoms with van der Waals surface area (Å²) in [5.41, 5.74) is 1.19. The molecular weight excluding hydrogens is 204 g/mol. The van der Waals surface area contributed by atoms with Gasteiger partial charge in [-0.1, -0.05) is 12.8 Å². The van der Waals surface area contributed by atoms with Crippen LogP contribution in [0, 0.1) is 0 Å². The standard InChI is InChI=1S/C12H16N2O2/c15-12(16)10-5-9(6-13-8-10)7-14-11-3-1-2-4-11/h5-6,8,11,14H,1-4,7H2,(H,15,16). The van der Waals surface area contributed by atoms with E-state index in [0.29, 0.717) is 12.6 Å². The number of hydrogen-bond acceptors (Lipinski definition) is 3. The minimum Gasteiger partial charge on any atom is -0.478 e. The lowest BCUT2D eigenvalue weighted by atomic mass is 10.2. The monoisotopic (exact) mass is 220 g/mol. The maximum atomic E-state index is 10.8. The first kappa shape index (κ1) is 11.1. The van der Waals surface area contributed by atoms with E-state index in [9.17, 15) is 4.79 Å². The van der Waals surface area contributed by atoms with Gasteiger partial charge in [-0.25, -0.2) is 4.79 Å². The Labute approximate surface area is 94.7 Å². The highest BCUT2D eigenvalue weighted by atomic mass is 16.4. The van der Waals surface area contributed by atoms with Crippen molar-refractivity contribution in [3.05, 3.63) is 29.6 Å². The van der Waals surface area contributed by atoms with Gasteiger partial charge in [-0.2, -0.15) is 0 Å². The van der Waals surface area contributed by atoms with Crippen LogP contribution in [0.2, 0.25) is 0 Å². The SMILES string of the molecule is O=C(O)c1cncc(CNC2CCCC2)c1. The van der Waals surface area contributed by atoms with Crippen LogP contribution in [-0.2, 0) is 6.54 Å². The molecule has 1 heterocycles. The minimum atomic E-state index is -0.921. The van der Waals surface area contributed by atoms with Gasteiger partial charge in [-0.05, 0) is 24.5 Å². The molecule has 1 aromatic heterocycles. The van der Waals surface area contributed by atoms with Crippen LogP contribution in [0.5, 0.6) is 0 Å². The maximum absolute atomic E-state index is 10.8. The Morgan fingerprint density at radius 3 is 2.88 bits per heavy atom. The molecule has 0 radical (unpaired) electrons. The third-order valence-corrected chi connectivity index (χ3v) is 2.99. The number of nitrogens with one attached hydrogen (secondary N) is 1. The molecule has 0 atom stereocenters. The highest BCUT2D eigenvalue weighted by molar-refractivity contribution is 5.87. The second-order valence-corrected chi connectivity index (χ2v) is 4.25. The van der Waals surface area contributed by atoms with Crippen LogP contribution in [0.3, 0.4) is 0 Å². The summed E-state index contributed by atoms with van der Waals surface area (Å²) in [6.07, 6.45) is 8.14. The van der Waals surface area contributed by atoms with Crippen LogP contribution in [0.1, 0.15) is 41.6 Å². The predicted molar refractivity (Wildman–Crippen MR) is 60.3 cm³/mol. The summed E-state index contributed by atoms with van der Waals surface area (Å²) in [4.78, 5) is 14.7. The highest BCUT2D eigenvalue weighted by Crippen LogP contribution is 2.18. The zero-order chi connectivity index (χ0) is 11.4. The molecule has 4 heteroatoms. The van der Waals surface area contributed by atoms with Crippen molar-refractivity contribution in [2.45, 2.75) is 38.3 Å². The molecule has 2 N–H and O–H groups in total. The van der Waals surface area contributed by atoms with Crippen molar-refractivity contribution in [3.8, 4) is 0 Å². The minimum absolute atomic E-state index is 0.255. The number of hydrogen-bond donors (Lipinski definition) is 2. The molecule has 16 heavy (non-hydrogen) atoms. The summed E-state index contributed by atoms with van der Waals surface area (Å²) in [5.74, 6) is -0.921. The fourth-order valence-corrected chi connectivity index (χ4v) is 2.09. The molecule has 1 aliphatic rings. The maximum Gasteiger partial charge on any atom is 0.337 e. The summed E-state index contributed by atoms with van der Waals surface area (Å²) < 4.78 is 0. The molecule has 86 valence electrons. The molecule has 1 aromatic rings. The Bertz CT molecular complexity index is 373. The number of carboxylic acids is 1. The smallest absolute Gasteiger partial charge is 0.337 e. The van der Waals surface area contributed by atoms with Crippen LogP contribution in [0.25, 0.3) is 0 Å². The Morgan fingerprint density at radius 2 is 2.19 bits per heavy atom. The Morgan fingerprint density at radius 1 is 1.44 bits per heavy atom. The highest BCUT2D eigenvalue weighted by Gasteiger charge is 2.14. The normalized spacial score (nSPS) is 16.5. The van der Waals surface area contributed by atoms with E-state index < -0.39 is 5.97 Å². The van der Waals surface area contributed by atoms with Crippen molar-refractivity contribution < 1.29 is 9.90 Å². The second kappa shape index (κ2) is 5.07. The predicted octanol–water partition coefficient (Wildman–Crippen LogP) is 1.81. The Kier molecular flexibility index (Phi) is 3.51. The van der Waals surface area contributed by atoms with Crippen LogP contribution in [-0.4, -0.2) is 22.1 Å². The fourth-order valence-electron chi connectivity index (χ4n) is 2.09. The molecular formula is C12H16N2O2. The lowest BCUT2D eigenvalue weighted by molar-refractivity contribution is 0.0696. The first-order valence-corrected chi connectivity index (χ1v) is 5.66.